The number of nitrogens with zero attached hydrogens (tertiary/aromatic N) is 2. The molecule has 2 aromatic heterocycles. The molecule has 1 aliphatic rings. The second-order valence-corrected chi connectivity index (χ2v) is 4.48. The largest absolute Gasteiger partial charge is 0.437 e. The Balaban J connectivity index is 2.15. The Morgan fingerprint density at radius 1 is 1.43 bits per heavy atom. The van der Waals surface area contributed by atoms with Crippen LogP contribution >= 0.6 is 15.9 Å². The van der Waals surface area contributed by atoms with Gasteiger partial charge in [-0.25, -0.2) is 4.98 Å². The minimum atomic E-state index is 0.524. The minimum Gasteiger partial charge on any atom is -0.437 e. The van der Waals surface area contributed by atoms with Crippen LogP contribution in [0.25, 0.3) is 11.2 Å². The van der Waals surface area contributed by atoms with Crippen LogP contribution in [0.1, 0.15) is 31.1 Å². The monoisotopic (exact) mass is 252 g/mol. The molecule has 1 aliphatic carbocycles. The Morgan fingerprint density at radius 3 is 2.93 bits per heavy atom. The van der Waals surface area contributed by atoms with E-state index in [4.69, 9.17) is 4.42 Å². The highest BCUT2D eigenvalue weighted by atomic mass is 79.9. The second-order valence-electron chi connectivity index (χ2n) is 3.63. The Hall–Kier alpha value is -0.900. The minimum absolute atomic E-state index is 0.524. The van der Waals surface area contributed by atoms with E-state index in [9.17, 15) is 0 Å². The Morgan fingerprint density at radius 2 is 2.29 bits per heavy atom. The van der Waals surface area contributed by atoms with Crippen molar-refractivity contribution in [3.63, 3.8) is 0 Å². The van der Waals surface area contributed by atoms with Gasteiger partial charge in [-0.3, -0.25) is 0 Å². The molecule has 0 spiro atoms. The summed E-state index contributed by atoms with van der Waals surface area (Å²) in [4.78, 5) is 8.56. The van der Waals surface area contributed by atoms with Gasteiger partial charge in [0.05, 0.1) is 4.47 Å². The summed E-state index contributed by atoms with van der Waals surface area (Å²) < 4.78 is 6.61. The van der Waals surface area contributed by atoms with Crippen LogP contribution in [0.2, 0.25) is 0 Å². The van der Waals surface area contributed by atoms with E-state index in [1.165, 1.54) is 19.3 Å². The van der Waals surface area contributed by atoms with E-state index in [0.717, 1.165) is 15.9 Å². The molecule has 2 heterocycles. The molecule has 0 radical (unpaired) electrons. The van der Waals surface area contributed by atoms with E-state index in [0.29, 0.717) is 11.6 Å². The van der Waals surface area contributed by atoms with Crippen molar-refractivity contribution in [3.05, 3.63) is 22.6 Å². The van der Waals surface area contributed by atoms with E-state index < -0.39 is 0 Å². The van der Waals surface area contributed by atoms with Gasteiger partial charge in [-0.2, -0.15) is 4.98 Å². The van der Waals surface area contributed by atoms with Crippen molar-refractivity contribution in [3.8, 4) is 0 Å². The number of hydrogen-bond donors (Lipinski definition) is 0. The molecule has 4 heteroatoms. The molecule has 1 fully saturated rings. The average Bonchev–Trinajstić information content (AvgIpc) is 2.46. The first-order chi connectivity index (χ1) is 6.84. The molecule has 72 valence electrons. The molecule has 0 amide bonds. The quantitative estimate of drug-likeness (QED) is 0.782. The van der Waals surface area contributed by atoms with Crippen LogP contribution in [0.4, 0.5) is 0 Å². The molecule has 14 heavy (non-hydrogen) atoms. The highest BCUT2D eigenvalue weighted by Gasteiger charge is 2.25. The van der Waals surface area contributed by atoms with Gasteiger partial charge in [0.25, 0.3) is 0 Å². The number of aromatic nitrogens is 2. The molecule has 3 nitrogen and oxygen atoms in total. The number of halogens is 1. The summed E-state index contributed by atoms with van der Waals surface area (Å²) in [6, 6.07) is 1.87. The van der Waals surface area contributed by atoms with Crippen molar-refractivity contribution in [1.82, 2.24) is 9.97 Å². The van der Waals surface area contributed by atoms with Crippen molar-refractivity contribution in [2.24, 2.45) is 0 Å². The number of rotatable bonds is 1. The fraction of sp³-hybridized carbons (Fsp3) is 0.400. The molecule has 0 bridgehead atoms. The van der Waals surface area contributed by atoms with Crippen molar-refractivity contribution in [1.29, 1.82) is 0 Å². The Kier molecular flexibility index (Phi) is 1.83. The standard InChI is InChI=1S/C10H9BrN2O/c11-7-4-5-12-9-8(7)14-10(13-9)6-2-1-3-6/h4-6H,1-3H2. The molecular weight excluding hydrogens is 244 g/mol. The fourth-order valence-corrected chi connectivity index (χ4v) is 2.03. The SMILES string of the molecule is Brc1ccnc2nc(C3CCC3)oc12. The number of pyridine rings is 1. The molecule has 3 rings (SSSR count). The molecule has 2 aromatic rings. The van der Waals surface area contributed by atoms with Gasteiger partial charge >= 0.3 is 0 Å². The van der Waals surface area contributed by atoms with Gasteiger partial charge in [0.2, 0.25) is 0 Å². The summed E-state index contributed by atoms with van der Waals surface area (Å²) in [5.74, 6) is 1.38. The van der Waals surface area contributed by atoms with Crippen LogP contribution in [0, 0.1) is 0 Å². The normalized spacial score (nSPS) is 17.2. The van der Waals surface area contributed by atoms with Crippen LogP contribution in [0.3, 0.4) is 0 Å². The van der Waals surface area contributed by atoms with Crippen LogP contribution in [0.15, 0.2) is 21.2 Å². The van der Waals surface area contributed by atoms with Gasteiger partial charge in [0, 0.05) is 12.1 Å². The highest BCUT2D eigenvalue weighted by Crippen LogP contribution is 2.37. The zero-order chi connectivity index (χ0) is 9.54. The van der Waals surface area contributed by atoms with Crippen LogP contribution < -0.4 is 0 Å². The molecule has 0 N–H and O–H groups in total. The molecule has 0 atom stereocenters. The van der Waals surface area contributed by atoms with Crippen molar-refractivity contribution < 1.29 is 4.42 Å². The van der Waals surface area contributed by atoms with Gasteiger partial charge in [0.15, 0.2) is 17.1 Å². The zero-order valence-corrected chi connectivity index (χ0v) is 9.12. The van der Waals surface area contributed by atoms with Crippen LogP contribution in [-0.2, 0) is 0 Å². The second kappa shape index (κ2) is 3.05. The summed E-state index contributed by atoms with van der Waals surface area (Å²) >= 11 is 3.43. The maximum Gasteiger partial charge on any atom is 0.200 e. The molecule has 1 saturated carbocycles. The first-order valence-electron chi connectivity index (χ1n) is 4.75. The van der Waals surface area contributed by atoms with Gasteiger partial charge in [-0.05, 0) is 34.8 Å². The van der Waals surface area contributed by atoms with Crippen LogP contribution in [-0.4, -0.2) is 9.97 Å². The maximum atomic E-state index is 5.68. The van der Waals surface area contributed by atoms with Gasteiger partial charge in [0.1, 0.15) is 0 Å². The lowest BCUT2D eigenvalue weighted by Crippen LogP contribution is -2.08. The van der Waals surface area contributed by atoms with E-state index in [1.54, 1.807) is 6.20 Å². The van der Waals surface area contributed by atoms with Crippen molar-refractivity contribution in [2.45, 2.75) is 25.2 Å². The summed E-state index contributed by atoms with van der Waals surface area (Å²) in [6.45, 7) is 0. The topological polar surface area (TPSA) is 38.9 Å². The third kappa shape index (κ3) is 1.17. The molecular formula is C10H9BrN2O. The van der Waals surface area contributed by atoms with Gasteiger partial charge in [-0.15, -0.1) is 0 Å². The van der Waals surface area contributed by atoms with E-state index in [1.807, 2.05) is 6.07 Å². The Bertz CT molecular complexity index is 476. The highest BCUT2D eigenvalue weighted by molar-refractivity contribution is 9.10. The van der Waals surface area contributed by atoms with E-state index >= 15 is 0 Å². The summed E-state index contributed by atoms with van der Waals surface area (Å²) in [5.41, 5.74) is 1.48. The number of oxazole rings is 1. The first-order valence-corrected chi connectivity index (χ1v) is 5.55. The summed E-state index contributed by atoms with van der Waals surface area (Å²) in [5, 5.41) is 0. The average molecular weight is 253 g/mol. The molecule has 0 aromatic carbocycles. The van der Waals surface area contributed by atoms with E-state index in [-0.39, 0.29) is 0 Å². The van der Waals surface area contributed by atoms with Crippen molar-refractivity contribution in [2.75, 3.05) is 0 Å². The lowest BCUT2D eigenvalue weighted by Gasteiger charge is -2.21. The zero-order valence-electron chi connectivity index (χ0n) is 7.53. The van der Waals surface area contributed by atoms with Gasteiger partial charge in [-0.1, -0.05) is 6.42 Å². The number of fused-ring (bicyclic) bond motifs is 1. The molecule has 0 unspecified atom stereocenters. The lowest BCUT2D eigenvalue weighted by molar-refractivity contribution is 0.344. The van der Waals surface area contributed by atoms with E-state index in [2.05, 4.69) is 25.9 Å². The summed E-state index contributed by atoms with van der Waals surface area (Å²) in [6.07, 6.45) is 5.42. The fourth-order valence-electron chi connectivity index (χ4n) is 1.65. The molecule has 0 aliphatic heterocycles. The summed E-state index contributed by atoms with van der Waals surface area (Å²) in [7, 11) is 0. The number of hydrogen-bond acceptors (Lipinski definition) is 3. The lowest BCUT2D eigenvalue weighted by atomic mass is 9.85. The first kappa shape index (κ1) is 8.41. The third-order valence-electron chi connectivity index (χ3n) is 2.71. The predicted molar refractivity (Wildman–Crippen MR) is 56.1 cm³/mol. The van der Waals surface area contributed by atoms with Gasteiger partial charge < -0.3 is 4.42 Å². The smallest absolute Gasteiger partial charge is 0.200 e. The van der Waals surface area contributed by atoms with Crippen molar-refractivity contribution >= 4 is 27.2 Å². The van der Waals surface area contributed by atoms with Crippen LogP contribution in [0.5, 0.6) is 0 Å². The molecule has 0 saturated heterocycles. The maximum absolute atomic E-state index is 5.68. The Labute approximate surface area is 89.7 Å². The third-order valence-corrected chi connectivity index (χ3v) is 3.34. The predicted octanol–water partition coefficient (Wildman–Crippen LogP) is 3.25.